The second-order valence-electron chi connectivity index (χ2n) is 10.1. The summed E-state index contributed by atoms with van der Waals surface area (Å²) in [5.41, 5.74) is 13.3. The number of pyridine rings is 1. The molecule has 12 heteroatoms. The highest BCUT2D eigenvalue weighted by Crippen LogP contribution is 2.30. The summed E-state index contributed by atoms with van der Waals surface area (Å²) in [7, 11) is 0. The van der Waals surface area contributed by atoms with E-state index >= 15 is 0 Å². The fourth-order valence-electron chi connectivity index (χ4n) is 4.41. The van der Waals surface area contributed by atoms with Crippen LogP contribution in [0.3, 0.4) is 0 Å². The van der Waals surface area contributed by atoms with Crippen LogP contribution in [-0.4, -0.2) is 60.3 Å². The van der Waals surface area contributed by atoms with Crippen LogP contribution < -0.4 is 16.8 Å². The third-order valence-electron chi connectivity index (χ3n) is 6.28. The Bertz CT molecular complexity index is 1540. The van der Waals surface area contributed by atoms with E-state index in [1.54, 1.807) is 19.9 Å². The summed E-state index contributed by atoms with van der Waals surface area (Å²) in [5.74, 6) is 0.344. The van der Waals surface area contributed by atoms with Gasteiger partial charge >= 0.3 is 6.09 Å². The standard InChI is InChI=1S/C28H35N7O5/c1-4-34(27(38)40-15-17-9-10-21(36)20(13-17)31-23(37)11-12-29)14-22-33-24-25(35(22)16-28(2,3)39)18-7-5-6-8-19(18)32-26(24)30/h5-10,13,36,39H,4,11-12,14-16,29H2,1-3H3,(H2,30,32)(H,31,37). The summed E-state index contributed by atoms with van der Waals surface area (Å²) in [6, 6.07) is 12.1. The molecule has 0 fully saturated rings. The lowest BCUT2D eigenvalue weighted by molar-refractivity contribution is -0.116. The van der Waals surface area contributed by atoms with Gasteiger partial charge in [0.25, 0.3) is 0 Å². The molecule has 0 atom stereocenters. The van der Waals surface area contributed by atoms with E-state index in [1.165, 1.54) is 17.0 Å². The number of carbonyl (C=O) groups is 2. The molecule has 2 aromatic heterocycles. The number of anilines is 2. The number of nitrogens with two attached hydrogens (primary N) is 2. The largest absolute Gasteiger partial charge is 0.506 e. The molecule has 4 rings (SSSR count). The Kier molecular flexibility index (Phi) is 8.40. The van der Waals surface area contributed by atoms with Gasteiger partial charge in [-0.25, -0.2) is 14.8 Å². The van der Waals surface area contributed by atoms with Crippen molar-refractivity contribution in [2.45, 2.75) is 52.5 Å². The number of aliphatic hydroxyl groups is 1. The Balaban J connectivity index is 1.58. The first-order valence-electron chi connectivity index (χ1n) is 13.0. The summed E-state index contributed by atoms with van der Waals surface area (Å²) in [4.78, 5) is 35.7. The van der Waals surface area contributed by atoms with Gasteiger partial charge in [0.05, 0.1) is 35.4 Å². The predicted molar refractivity (Wildman–Crippen MR) is 152 cm³/mol. The number of rotatable bonds is 10. The maximum atomic E-state index is 13.1. The van der Waals surface area contributed by atoms with Crippen molar-refractivity contribution in [3.05, 3.63) is 53.9 Å². The third kappa shape index (κ3) is 6.41. The summed E-state index contributed by atoms with van der Waals surface area (Å²) in [6.07, 6.45) is -0.470. The minimum absolute atomic E-state index is 0.0863. The smallest absolute Gasteiger partial charge is 0.410 e. The van der Waals surface area contributed by atoms with E-state index in [1.807, 2.05) is 35.8 Å². The lowest BCUT2D eigenvalue weighted by Gasteiger charge is -2.24. The van der Waals surface area contributed by atoms with Crippen LogP contribution in [0.15, 0.2) is 42.5 Å². The number of amides is 2. The number of imidazole rings is 1. The Morgan fingerprint density at radius 3 is 2.62 bits per heavy atom. The zero-order valence-electron chi connectivity index (χ0n) is 22.8. The van der Waals surface area contributed by atoms with Crippen LogP contribution >= 0.6 is 0 Å². The average Bonchev–Trinajstić information content (AvgIpc) is 3.24. The number of aromatic hydroxyl groups is 1. The van der Waals surface area contributed by atoms with Crippen LogP contribution in [0.2, 0.25) is 0 Å². The maximum absolute atomic E-state index is 13.1. The van der Waals surface area contributed by atoms with Gasteiger partial charge in [-0.05, 0) is 44.5 Å². The number of para-hydroxylation sites is 1. The number of phenolic OH excluding ortho intramolecular Hbond substituents is 1. The number of aromatic nitrogens is 3. The average molecular weight is 550 g/mol. The van der Waals surface area contributed by atoms with Crippen LogP contribution in [0.4, 0.5) is 16.3 Å². The van der Waals surface area contributed by atoms with Crippen molar-refractivity contribution in [3.8, 4) is 5.75 Å². The van der Waals surface area contributed by atoms with Crippen LogP contribution in [0.25, 0.3) is 21.9 Å². The maximum Gasteiger partial charge on any atom is 0.410 e. The molecule has 0 aliphatic carbocycles. The zero-order valence-corrected chi connectivity index (χ0v) is 22.8. The number of ether oxygens (including phenoxy) is 1. The molecule has 0 aliphatic rings. The molecule has 0 spiro atoms. The molecule has 0 saturated heterocycles. The van der Waals surface area contributed by atoms with Gasteiger partial charge in [0.1, 0.15) is 23.7 Å². The van der Waals surface area contributed by atoms with E-state index in [0.29, 0.717) is 29.0 Å². The molecule has 40 heavy (non-hydrogen) atoms. The summed E-state index contributed by atoms with van der Waals surface area (Å²) >= 11 is 0. The zero-order chi connectivity index (χ0) is 29.0. The summed E-state index contributed by atoms with van der Waals surface area (Å²) in [6.45, 7) is 5.96. The van der Waals surface area contributed by atoms with Crippen LogP contribution in [0, 0.1) is 0 Å². The van der Waals surface area contributed by atoms with Crippen molar-refractivity contribution >= 4 is 45.4 Å². The highest BCUT2D eigenvalue weighted by Gasteiger charge is 2.25. The van der Waals surface area contributed by atoms with Gasteiger partial charge in [0, 0.05) is 24.9 Å². The number of hydrogen-bond donors (Lipinski definition) is 5. The SMILES string of the molecule is CCN(Cc1nc2c(N)nc3ccccc3c2n1CC(C)(C)O)C(=O)OCc1ccc(O)c(NC(=O)CCN)c1. The Hall–Kier alpha value is -4.42. The molecule has 0 aliphatic heterocycles. The van der Waals surface area contributed by atoms with Gasteiger partial charge in [-0.1, -0.05) is 24.3 Å². The quantitative estimate of drug-likeness (QED) is 0.186. The lowest BCUT2D eigenvalue weighted by atomic mass is 10.1. The van der Waals surface area contributed by atoms with Crippen LogP contribution in [-0.2, 0) is 29.2 Å². The first-order valence-corrected chi connectivity index (χ1v) is 13.0. The first kappa shape index (κ1) is 28.6. The first-order chi connectivity index (χ1) is 19.0. The Morgan fingerprint density at radius 2 is 1.93 bits per heavy atom. The van der Waals surface area contributed by atoms with Crippen LogP contribution in [0.5, 0.6) is 5.75 Å². The van der Waals surface area contributed by atoms with Crippen molar-refractivity contribution in [1.29, 1.82) is 0 Å². The van der Waals surface area contributed by atoms with Crippen molar-refractivity contribution in [2.24, 2.45) is 5.73 Å². The summed E-state index contributed by atoms with van der Waals surface area (Å²) < 4.78 is 7.44. The minimum Gasteiger partial charge on any atom is -0.506 e. The van der Waals surface area contributed by atoms with Crippen molar-refractivity contribution in [2.75, 3.05) is 24.1 Å². The summed E-state index contributed by atoms with van der Waals surface area (Å²) in [5, 5.41) is 24.2. The molecule has 2 heterocycles. The normalized spacial score (nSPS) is 11.6. The van der Waals surface area contributed by atoms with Crippen molar-refractivity contribution in [3.63, 3.8) is 0 Å². The van der Waals surface area contributed by atoms with Gasteiger partial charge in [0.15, 0.2) is 5.82 Å². The monoisotopic (exact) mass is 549 g/mol. The van der Waals surface area contributed by atoms with Gasteiger partial charge in [-0.3, -0.25) is 4.79 Å². The number of phenols is 1. The number of fused-ring (bicyclic) bond motifs is 3. The fourth-order valence-corrected chi connectivity index (χ4v) is 4.41. The molecular formula is C28H35N7O5. The van der Waals surface area contributed by atoms with E-state index < -0.39 is 11.7 Å². The van der Waals surface area contributed by atoms with Gasteiger partial charge in [-0.15, -0.1) is 0 Å². The molecule has 2 amide bonds. The number of hydrogen-bond acceptors (Lipinski definition) is 9. The highest BCUT2D eigenvalue weighted by atomic mass is 16.6. The second kappa shape index (κ2) is 11.8. The van der Waals surface area contributed by atoms with Crippen LogP contribution in [0.1, 0.15) is 38.6 Å². The lowest BCUT2D eigenvalue weighted by Crippen LogP contribution is -2.33. The third-order valence-corrected chi connectivity index (χ3v) is 6.28. The fraction of sp³-hybridized carbons (Fsp3) is 0.357. The van der Waals surface area contributed by atoms with E-state index in [2.05, 4.69) is 10.3 Å². The molecule has 0 saturated carbocycles. The number of carbonyl (C=O) groups excluding carboxylic acids is 2. The molecule has 0 bridgehead atoms. The van der Waals surface area contributed by atoms with E-state index in [0.717, 1.165) is 10.9 Å². The number of nitrogens with zero attached hydrogens (tertiary/aromatic N) is 4. The van der Waals surface area contributed by atoms with Gasteiger partial charge in [0.2, 0.25) is 5.91 Å². The van der Waals surface area contributed by atoms with Crippen molar-refractivity contribution in [1.82, 2.24) is 19.4 Å². The van der Waals surface area contributed by atoms with Gasteiger partial charge < -0.3 is 41.2 Å². The molecule has 12 nitrogen and oxygen atoms in total. The number of nitrogens with one attached hydrogen (secondary N) is 1. The molecule has 4 aromatic rings. The van der Waals surface area contributed by atoms with Gasteiger partial charge in [-0.2, -0.15) is 0 Å². The van der Waals surface area contributed by atoms with Crippen molar-refractivity contribution < 1.29 is 24.5 Å². The predicted octanol–water partition coefficient (Wildman–Crippen LogP) is 3.09. The Morgan fingerprint density at radius 1 is 1.18 bits per heavy atom. The van der Waals surface area contributed by atoms with E-state index in [9.17, 15) is 19.8 Å². The molecular weight excluding hydrogens is 514 g/mol. The Labute approximate surface area is 231 Å². The molecule has 2 aromatic carbocycles. The highest BCUT2D eigenvalue weighted by molar-refractivity contribution is 6.06. The van der Waals surface area contributed by atoms with E-state index in [-0.39, 0.29) is 55.8 Å². The molecule has 7 N–H and O–H groups in total. The minimum atomic E-state index is -1.07. The molecule has 0 unspecified atom stereocenters. The number of benzene rings is 2. The van der Waals surface area contributed by atoms with E-state index in [4.69, 9.17) is 21.2 Å². The molecule has 212 valence electrons. The number of nitrogen functional groups attached to an aromatic ring is 1. The second-order valence-corrected chi connectivity index (χ2v) is 10.1. The molecule has 0 radical (unpaired) electrons. The topological polar surface area (TPSA) is 182 Å².